The first-order valence-corrected chi connectivity index (χ1v) is 12.7. The number of phenolic OH excluding ortho intramolecular Hbond substituents is 2. The molecule has 0 atom stereocenters. The minimum absolute atomic E-state index is 0.0479. The van der Waals surface area contributed by atoms with E-state index in [1.807, 2.05) is 36.4 Å². The fourth-order valence-electron chi connectivity index (χ4n) is 4.09. The summed E-state index contributed by atoms with van der Waals surface area (Å²) in [5.41, 5.74) is 2.35. The zero-order chi connectivity index (χ0) is 27.2. The molecule has 0 saturated heterocycles. The molecule has 0 aliphatic heterocycles. The molecule has 4 rings (SSSR count). The quantitative estimate of drug-likeness (QED) is 0.240. The second-order valence-corrected chi connectivity index (χ2v) is 9.60. The topological polar surface area (TPSA) is 99.9 Å². The van der Waals surface area contributed by atoms with Gasteiger partial charge in [-0.3, -0.25) is 4.79 Å². The van der Waals surface area contributed by atoms with Crippen LogP contribution in [0.1, 0.15) is 29.8 Å². The van der Waals surface area contributed by atoms with Crippen LogP contribution in [0.5, 0.6) is 17.2 Å². The average Bonchev–Trinajstić information content (AvgIpc) is 3.36. The van der Waals surface area contributed by atoms with E-state index in [1.165, 1.54) is 17.0 Å². The summed E-state index contributed by atoms with van der Waals surface area (Å²) in [5.74, 6) is -0.235. The molecule has 3 aromatic carbocycles. The Labute approximate surface area is 227 Å². The van der Waals surface area contributed by atoms with Gasteiger partial charge in [-0.05, 0) is 30.3 Å². The zero-order valence-corrected chi connectivity index (χ0v) is 22.3. The standard InChI is InChI=1S/C29H31ClN4O4/c1-19(2)31-14-15-38-28-11-7-4-8-20(28)18-33(3)29(37)22-16-21(26(35)17-27(22)36)24-12-13-32-34(24)25-10-6-5-9-23(25)30/h4-13,16-17,19,31,35-36H,14-15,18H2,1-3H3. The molecule has 1 aromatic heterocycles. The van der Waals surface area contributed by atoms with Crippen LogP contribution < -0.4 is 10.1 Å². The van der Waals surface area contributed by atoms with Crippen molar-refractivity contribution in [2.75, 3.05) is 20.2 Å². The Bertz CT molecular complexity index is 1420. The maximum atomic E-state index is 13.4. The summed E-state index contributed by atoms with van der Waals surface area (Å²) in [6.07, 6.45) is 1.58. The van der Waals surface area contributed by atoms with Crippen LogP contribution >= 0.6 is 11.6 Å². The number of nitrogens with zero attached hydrogens (tertiary/aromatic N) is 3. The van der Waals surface area contributed by atoms with Gasteiger partial charge in [0.2, 0.25) is 0 Å². The smallest absolute Gasteiger partial charge is 0.257 e. The van der Waals surface area contributed by atoms with Crippen LogP contribution in [-0.2, 0) is 6.54 Å². The van der Waals surface area contributed by atoms with E-state index >= 15 is 0 Å². The Hall–Kier alpha value is -4.01. The fourth-order valence-corrected chi connectivity index (χ4v) is 4.31. The molecular weight excluding hydrogens is 504 g/mol. The van der Waals surface area contributed by atoms with Crippen molar-refractivity contribution in [3.63, 3.8) is 0 Å². The molecule has 8 nitrogen and oxygen atoms in total. The number of carbonyl (C=O) groups is 1. The maximum absolute atomic E-state index is 13.4. The van der Waals surface area contributed by atoms with Crippen LogP contribution in [0.2, 0.25) is 5.02 Å². The number of halogens is 1. The molecule has 0 fully saturated rings. The number of nitrogens with one attached hydrogen (secondary N) is 1. The Morgan fingerprint density at radius 2 is 1.82 bits per heavy atom. The van der Waals surface area contributed by atoms with Crippen molar-refractivity contribution in [2.45, 2.75) is 26.4 Å². The van der Waals surface area contributed by atoms with E-state index in [4.69, 9.17) is 16.3 Å². The zero-order valence-electron chi connectivity index (χ0n) is 21.6. The van der Waals surface area contributed by atoms with Crippen LogP contribution in [0, 0.1) is 0 Å². The van der Waals surface area contributed by atoms with Crippen LogP contribution in [0.4, 0.5) is 0 Å². The second-order valence-electron chi connectivity index (χ2n) is 9.19. The molecule has 0 saturated carbocycles. The van der Waals surface area contributed by atoms with Crippen molar-refractivity contribution in [2.24, 2.45) is 0 Å². The van der Waals surface area contributed by atoms with Crippen molar-refractivity contribution in [3.8, 4) is 34.2 Å². The average molecular weight is 535 g/mol. The van der Waals surface area contributed by atoms with E-state index in [0.717, 1.165) is 5.56 Å². The normalized spacial score (nSPS) is 11.1. The number of aromatic nitrogens is 2. The number of phenols is 2. The first kappa shape index (κ1) is 27.0. The summed E-state index contributed by atoms with van der Waals surface area (Å²) in [4.78, 5) is 14.9. The number of para-hydroxylation sites is 2. The van der Waals surface area contributed by atoms with Crippen LogP contribution in [-0.4, -0.2) is 57.0 Å². The highest BCUT2D eigenvalue weighted by Crippen LogP contribution is 2.37. The molecule has 1 amide bonds. The first-order chi connectivity index (χ1) is 18.3. The summed E-state index contributed by atoms with van der Waals surface area (Å²) >= 11 is 6.37. The fraction of sp³-hybridized carbons (Fsp3) is 0.241. The number of hydrogen-bond acceptors (Lipinski definition) is 6. The Morgan fingerprint density at radius 1 is 1.08 bits per heavy atom. The van der Waals surface area contributed by atoms with Crippen LogP contribution in [0.3, 0.4) is 0 Å². The van der Waals surface area contributed by atoms with Gasteiger partial charge >= 0.3 is 0 Å². The molecule has 0 aliphatic rings. The van der Waals surface area contributed by atoms with E-state index in [9.17, 15) is 15.0 Å². The highest BCUT2D eigenvalue weighted by molar-refractivity contribution is 6.32. The number of benzene rings is 3. The largest absolute Gasteiger partial charge is 0.507 e. The van der Waals surface area contributed by atoms with Gasteiger partial charge in [0.05, 0.1) is 28.2 Å². The van der Waals surface area contributed by atoms with Crippen LogP contribution in [0.25, 0.3) is 16.9 Å². The number of amides is 1. The summed E-state index contributed by atoms with van der Waals surface area (Å²) in [6.45, 7) is 5.61. The van der Waals surface area contributed by atoms with Gasteiger partial charge in [0.15, 0.2) is 0 Å². The summed E-state index contributed by atoms with van der Waals surface area (Å²) in [7, 11) is 1.65. The summed E-state index contributed by atoms with van der Waals surface area (Å²) in [6, 6.07) is 19.4. The molecule has 1 heterocycles. The van der Waals surface area contributed by atoms with Gasteiger partial charge in [-0.25, -0.2) is 4.68 Å². The van der Waals surface area contributed by atoms with Gasteiger partial charge in [0, 0.05) is 43.4 Å². The Kier molecular flexibility index (Phi) is 8.55. The molecule has 4 aromatic rings. The first-order valence-electron chi connectivity index (χ1n) is 12.3. The second kappa shape index (κ2) is 12.0. The van der Waals surface area contributed by atoms with Crippen molar-refractivity contribution in [1.29, 1.82) is 0 Å². The number of rotatable bonds is 10. The van der Waals surface area contributed by atoms with E-state index in [1.54, 1.807) is 36.1 Å². The number of carbonyl (C=O) groups excluding carboxylic acids is 1. The minimum Gasteiger partial charge on any atom is -0.507 e. The molecule has 198 valence electrons. The number of hydrogen-bond donors (Lipinski definition) is 3. The molecule has 0 radical (unpaired) electrons. The molecule has 0 spiro atoms. The molecule has 0 aliphatic carbocycles. The summed E-state index contributed by atoms with van der Waals surface area (Å²) < 4.78 is 7.52. The molecular formula is C29H31ClN4O4. The third-order valence-electron chi connectivity index (χ3n) is 5.98. The van der Waals surface area contributed by atoms with Crippen molar-refractivity contribution >= 4 is 17.5 Å². The third-order valence-corrected chi connectivity index (χ3v) is 6.30. The van der Waals surface area contributed by atoms with Crippen molar-refractivity contribution in [3.05, 3.63) is 89.1 Å². The lowest BCUT2D eigenvalue weighted by Gasteiger charge is -2.21. The molecule has 9 heteroatoms. The van der Waals surface area contributed by atoms with E-state index in [-0.39, 0.29) is 23.6 Å². The Balaban J connectivity index is 1.58. The van der Waals surface area contributed by atoms with Gasteiger partial charge in [-0.2, -0.15) is 5.10 Å². The van der Waals surface area contributed by atoms with E-state index < -0.39 is 5.91 Å². The lowest BCUT2D eigenvalue weighted by molar-refractivity contribution is 0.0781. The molecule has 0 bridgehead atoms. The van der Waals surface area contributed by atoms with Crippen LogP contribution in [0.15, 0.2) is 72.9 Å². The number of aromatic hydroxyl groups is 2. The lowest BCUT2D eigenvalue weighted by Crippen LogP contribution is -2.28. The van der Waals surface area contributed by atoms with Gasteiger partial charge in [0.25, 0.3) is 5.91 Å². The van der Waals surface area contributed by atoms with E-state index in [0.29, 0.717) is 46.9 Å². The highest BCUT2D eigenvalue weighted by atomic mass is 35.5. The van der Waals surface area contributed by atoms with Gasteiger partial charge in [-0.1, -0.05) is 55.8 Å². The third kappa shape index (κ3) is 6.10. The highest BCUT2D eigenvalue weighted by Gasteiger charge is 2.22. The summed E-state index contributed by atoms with van der Waals surface area (Å²) in [5, 5.41) is 29.4. The minimum atomic E-state index is -0.413. The maximum Gasteiger partial charge on any atom is 0.257 e. The lowest BCUT2D eigenvalue weighted by atomic mass is 10.0. The Morgan fingerprint density at radius 3 is 2.58 bits per heavy atom. The number of ether oxygens (including phenoxy) is 1. The van der Waals surface area contributed by atoms with E-state index in [2.05, 4.69) is 24.3 Å². The van der Waals surface area contributed by atoms with Gasteiger partial charge in [-0.15, -0.1) is 0 Å². The predicted octanol–water partition coefficient (Wildman–Crippen LogP) is 5.25. The monoisotopic (exact) mass is 534 g/mol. The molecule has 0 unspecified atom stereocenters. The van der Waals surface area contributed by atoms with Crippen molar-refractivity contribution in [1.82, 2.24) is 20.0 Å². The molecule has 3 N–H and O–H groups in total. The predicted molar refractivity (Wildman–Crippen MR) is 148 cm³/mol. The van der Waals surface area contributed by atoms with Gasteiger partial charge < -0.3 is 25.2 Å². The van der Waals surface area contributed by atoms with Crippen molar-refractivity contribution < 1.29 is 19.7 Å². The molecule has 38 heavy (non-hydrogen) atoms. The van der Waals surface area contributed by atoms with Gasteiger partial charge in [0.1, 0.15) is 23.9 Å². The SMILES string of the molecule is CC(C)NCCOc1ccccc1CN(C)C(=O)c1cc(-c2ccnn2-c2ccccc2Cl)c(O)cc1O.